The molecule has 1 saturated heterocycles. The predicted molar refractivity (Wildman–Crippen MR) is 80.2 cm³/mol. The highest BCUT2D eigenvalue weighted by Gasteiger charge is 2.28. The molecule has 0 aliphatic carbocycles. The van der Waals surface area contributed by atoms with E-state index in [1.54, 1.807) is 0 Å². The number of carbonyl (C=O) groups is 1. The lowest BCUT2D eigenvalue weighted by Crippen LogP contribution is -2.55. The van der Waals surface area contributed by atoms with Crippen LogP contribution in [0.15, 0.2) is 18.2 Å². The first kappa shape index (κ1) is 14.8. The standard InChI is InChI=1S/C15H23N3O2/c1-11-4-3-5-13(12(11)2)17-6-8-18(9-7-17)14(10-16)15(19)20/h3-5,14H,6-10,16H2,1-2H3,(H,19,20). The zero-order valence-corrected chi connectivity index (χ0v) is 12.2. The topological polar surface area (TPSA) is 69.8 Å². The summed E-state index contributed by atoms with van der Waals surface area (Å²) < 4.78 is 0. The second kappa shape index (κ2) is 6.24. The lowest BCUT2D eigenvalue weighted by atomic mass is 10.1. The van der Waals surface area contributed by atoms with Gasteiger partial charge in [-0.1, -0.05) is 12.1 Å². The highest BCUT2D eigenvalue weighted by atomic mass is 16.4. The number of nitrogens with zero attached hydrogens (tertiary/aromatic N) is 2. The summed E-state index contributed by atoms with van der Waals surface area (Å²) in [6.45, 7) is 7.57. The van der Waals surface area contributed by atoms with Gasteiger partial charge >= 0.3 is 5.97 Å². The number of hydrogen-bond donors (Lipinski definition) is 2. The monoisotopic (exact) mass is 277 g/mol. The molecule has 1 aromatic rings. The van der Waals surface area contributed by atoms with E-state index >= 15 is 0 Å². The van der Waals surface area contributed by atoms with Gasteiger partial charge in [0, 0.05) is 38.4 Å². The molecule has 1 heterocycles. The molecule has 0 aromatic heterocycles. The Morgan fingerprint density at radius 2 is 1.95 bits per heavy atom. The lowest BCUT2D eigenvalue weighted by molar-refractivity contribution is -0.143. The minimum absolute atomic E-state index is 0.165. The van der Waals surface area contributed by atoms with Gasteiger partial charge in [0.1, 0.15) is 6.04 Å². The van der Waals surface area contributed by atoms with Gasteiger partial charge in [-0.3, -0.25) is 9.69 Å². The smallest absolute Gasteiger partial charge is 0.322 e. The van der Waals surface area contributed by atoms with Crippen molar-refractivity contribution in [1.29, 1.82) is 0 Å². The summed E-state index contributed by atoms with van der Waals surface area (Å²) in [6.07, 6.45) is 0. The van der Waals surface area contributed by atoms with Crippen molar-refractivity contribution in [3.63, 3.8) is 0 Å². The third-order valence-electron chi connectivity index (χ3n) is 4.18. The Morgan fingerprint density at radius 1 is 1.30 bits per heavy atom. The van der Waals surface area contributed by atoms with Crippen LogP contribution in [0.1, 0.15) is 11.1 Å². The SMILES string of the molecule is Cc1cccc(N2CCN(C(CN)C(=O)O)CC2)c1C. The third-order valence-corrected chi connectivity index (χ3v) is 4.18. The Bertz CT molecular complexity index is 482. The fourth-order valence-corrected chi connectivity index (χ4v) is 2.76. The van der Waals surface area contributed by atoms with Crippen molar-refractivity contribution in [3.05, 3.63) is 29.3 Å². The van der Waals surface area contributed by atoms with Crippen molar-refractivity contribution in [2.45, 2.75) is 19.9 Å². The Morgan fingerprint density at radius 3 is 2.50 bits per heavy atom. The number of aryl methyl sites for hydroxylation is 1. The first-order chi connectivity index (χ1) is 9.54. The van der Waals surface area contributed by atoms with E-state index in [0.717, 1.165) is 26.2 Å². The van der Waals surface area contributed by atoms with E-state index in [2.05, 4.69) is 36.9 Å². The van der Waals surface area contributed by atoms with Gasteiger partial charge in [0.05, 0.1) is 0 Å². The van der Waals surface area contributed by atoms with Crippen molar-refractivity contribution < 1.29 is 9.90 Å². The van der Waals surface area contributed by atoms with Crippen LogP contribution >= 0.6 is 0 Å². The second-order valence-corrected chi connectivity index (χ2v) is 5.33. The van der Waals surface area contributed by atoms with Crippen LogP contribution in [0, 0.1) is 13.8 Å². The number of benzene rings is 1. The summed E-state index contributed by atoms with van der Waals surface area (Å²) in [4.78, 5) is 15.4. The molecule has 2 rings (SSSR count). The summed E-state index contributed by atoms with van der Waals surface area (Å²) in [7, 11) is 0. The molecule has 5 heteroatoms. The van der Waals surface area contributed by atoms with Crippen LogP contribution in [0.3, 0.4) is 0 Å². The molecule has 3 N–H and O–H groups in total. The molecule has 1 unspecified atom stereocenters. The molecular formula is C15H23N3O2. The second-order valence-electron chi connectivity index (χ2n) is 5.33. The molecule has 0 spiro atoms. The van der Waals surface area contributed by atoms with Gasteiger partial charge in [0.15, 0.2) is 0 Å². The Hall–Kier alpha value is -1.59. The third kappa shape index (κ3) is 2.94. The number of aliphatic carboxylic acids is 1. The largest absolute Gasteiger partial charge is 0.480 e. The quantitative estimate of drug-likeness (QED) is 0.853. The van der Waals surface area contributed by atoms with E-state index in [-0.39, 0.29) is 6.54 Å². The highest BCUT2D eigenvalue weighted by molar-refractivity contribution is 5.73. The number of nitrogens with two attached hydrogens (primary N) is 1. The Kier molecular flexibility index (Phi) is 4.62. The maximum atomic E-state index is 11.1. The number of carboxylic acids is 1. The summed E-state index contributed by atoms with van der Waals surface area (Å²) >= 11 is 0. The van der Waals surface area contributed by atoms with Crippen molar-refractivity contribution in [3.8, 4) is 0 Å². The molecule has 1 aliphatic heterocycles. The molecule has 110 valence electrons. The summed E-state index contributed by atoms with van der Waals surface area (Å²) in [5.74, 6) is -0.826. The first-order valence-electron chi connectivity index (χ1n) is 7.02. The zero-order chi connectivity index (χ0) is 14.7. The average molecular weight is 277 g/mol. The number of carboxylic acid groups (broad SMARTS) is 1. The van der Waals surface area contributed by atoms with Crippen LogP contribution in [-0.2, 0) is 4.79 Å². The molecular weight excluding hydrogens is 254 g/mol. The molecule has 0 saturated carbocycles. The van der Waals surface area contributed by atoms with Gasteiger partial charge in [-0.05, 0) is 31.0 Å². The molecule has 1 aromatic carbocycles. The summed E-state index contributed by atoms with van der Waals surface area (Å²) in [5.41, 5.74) is 9.40. The van der Waals surface area contributed by atoms with E-state index in [1.165, 1.54) is 16.8 Å². The van der Waals surface area contributed by atoms with Crippen molar-refractivity contribution >= 4 is 11.7 Å². The van der Waals surface area contributed by atoms with E-state index < -0.39 is 12.0 Å². The van der Waals surface area contributed by atoms with Crippen LogP contribution in [0.25, 0.3) is 0 Å². The Balaban J connectivity index is 2.04. The number of rotatable bonds is 4. The van der Waals surface area contributed by atoms with Gasteiger partial charge in [-0.2, -0.15) is 0 Å². The van der Waals surface area contributed by atoms with E-state index in [4.69, 9.17) is 10.8 Å². The lowest BCUT2D eigenvalue weighted by Gasteiger charge is -2.39. The fourth-order valence-electron chi connectivity index (χ4n) is 2.76. The number of anilines is 1. The number of hydrogen-bond acceptors (Lipinski definition) is 4. The number of piperazine rings is 1. The molecule has 0 amide bonds. The van der Waals surface area contributed by atoms with Crippen LogP contribution in [0.5, 0.6) is 0 Å². The molecule has 1 atom stereocenters. The summed E-state index contributed by atoms with van der Waals surface area (Å²) in [6, 6.07) is 5.76. The maximum absolute atomic E-state index is 11.1. The highest BCUT2D eigenvalue weighted by Crippen LogP contribution is 2.24. The minimum Gasteiger partial charge on any atom is -0.480 e. The molecule has 1 fully saturated rings. The maximum Gasteiger partial charge on any atom is 0.322 e. The van der Waals surface area contributed by atoms with Crippen molar-refractivity contribution in [2.75, 3.05) is 37.6 Å². The summed E-state index contributed by atoms with van der Waals surface area (Å²) in [5, 5.41) is 9.15. The van der Waals surface area contributed by atoms with Gasteiger partial charge in [0.2, 0.25) is 0 Å². The van der Waals surface area contributed by atoms with Gasteiger partial charge in [0.25, 0.3) is 0 Å². The normalized spacial score (nSPS) is 18.1. The molecule has 20 heavy (non-hydrogen) atoms. The molecule has 0 bridgehead atoms. The van der Waals surface area contributed by atoms with Crippen LogP contribution in [0.2, 0.25) is 0 Å². The van der Waals surface area contributed by atoms with E-state index in [1.807, 2.05) is 4.90 Å². The van der Waals surface area contributed by atoms with Gasteiger partial charge in [-0.25, -0.2) is 0 Å². The van der Waals surface area contributed by atoms with E-state index in [0.29, 0.717) is 0 Å². The average Bonchev–Trinajstić information content (AvgIpc) is 2.43. The van der Waals surface area contributed by atoms with Gasteiger partial charge < -0.3 is 15.7 Å². The fraction of sp³-hybridized carbons (Fsp3) is 0.533. The van der Waals surface area contributed by atoms with Crippen molar-refractivity contribution in [1.82, 2.24) is 4.90 Å². The molecule has 5 nitrogen and oxygen atoms in total. The van der Waals surface area contributed by atoms with Gasteiger partial charge in [-0.15, -0.1) is 0 Å². The first-order valence-corrected chi connectivity index (χ1v) is 7.02. The Labute approximate surface area is 120 Å². The zero-order valence-electron chi connectivity index (χ0n) is 12.2. The predicted octanol–water partition coefficient (Wildman–Crippen LogP) is 0.837. The van der Waals surface area contributed by atoms with Crippen LogP contribution in [-0.4, -0.2) is 54.7 Å². The molecule has 1 aliphatic rings. The minimum atomic E-state index is -0.826. The molecule has 0 radical (unpaired) electrons. The van der Waals surface area contributed by atoms with Crippen LogP contribution < -0.4 is 10.6 Å². The van der Waals surface area contributed by atoms with Crippen LogP contribution in [0.4, 0.5) is 5.69 Å². The van der Waals surface area contributed by atoms with Crippen molar-refractivity contribution in [2.24, 2.45) is 5.73 Å². The van der Waals surface area contributed by atoms with E-state index in [9.17, 15) is 4.79 Å².